The Bertz CT molecular complexity index is 844. The largest absolute Gasteiger partial charge is 0.323 e. The molecule has 2 aromatic rings. The standard InChI is InChI=1S/C18H15N3O2S/c1-12(24-14-6-4-5-13(9-14)10-19)18(23)21-11-17(22)20-15-7-2-3-8-16(15)21/h2-9,12H,11H2,1H3,(H,20,22)/t12-/m0/s1. The number of thioether (sulfide) groups is 1. The van der Waals surface area contributed by atoms with E-state index in [9.17, 15) is 9.59 Å². The van der Waals surface area contributed by atoms with Gasteiger partial charge in [-0.3, -0.25) is 14.5 Å². The van der Waals surface area contributed by atoms with Gasteiger partial charge in [0.2, 0.25) is 11.8 Å². The molecule has 6 heteroatoms. The summed E-state index contributed by atoms with van der Waals surface area (Å²) in [6.45, 7) is 1.82. The van der Waals surface area contributed by atoms with Gasteiger partial charge in [-0.05, 0) is 37.3 Å². The summed E-state index contributed by atoms with van der Waals surface area (Å²) in [5.41, 5.74) is 1.91. The lowest BCUT2D eigenvalue weighted by Crippen LogP contribution is -2.45. The number of hydrogen-bond acceptors (Lipinski definition) is 4. The molecule has 2 amide bonds. The molecule has 1 N–H and O–H groups in total. The zero-order valence-corrected chi connectivity index (χ0v) is 13.8. The van der Waals surface area contributed by atoms with E-state index >= 15 is 0 Å². The molecule has 0 bridgehead atoms. The number of hydrogen-bond donors (Lipinski definition) is 1. The molecule has 0 fully saturated rings. The molecule has 0 aromatic heterocycles. The van der Waals surface area contributed by atoms with Crippen molar-refractivity contribution in [2.24, 2.45) is 0 Å². The van der Waals surface area contributed by atoms with Gasteiger partial charge in [-0.25, -0.2) is 0 Å². The van der Waals surface area contributed by atoms with Gasteiger partial charge in [0.25, 0.3) is 0 Å². The second-order valence-electron chi connectivity index (χ2n) is 5.39. The van der Waals surface area contributed by atoms with Crippen LogP contribution < -0.4 is 10.2 Å². The third kappa shape index (κ3) is 3.26. The van der Waals surface area contributed by atoms with Crippen LogP contribution in [0.2, 0.25) is 0 Å². The van der Waals surface area contributed by atoms with Gasteiger partial charge < -0.3 is 5.32 Å². The van der Waals surface area contributed by atoms with Crippen LogP contribution in [-0.2, 0) is 9.59 Å². The molecule has 0 aliphatic carbocycles. The molecule has 0 radical (unpaired) electrons. The molecule has 0 spiro atoms. The number of para-hydroxylation sites is 2. The second-order valence-corrected chi connectivity index (χ2v) is 6.80. The van der Waals surface area contributed by atoms with Crippen molar-refractivity contribution in [3.05, 3.63) is 54.1 Å². The molecule has 24 heavy (non-hydrogen) atoms. The van der Waals surface area contributed by atoms with Crippen LogP contribution in [0.4, 0.5) is 11.4 Å². The van der Waals surface area contributed by atoms with E-state index in [2.05, 4.69) is 11.4 Å². The third-order valence-corrected chi connectivity index (χ3v) is 4.74. The number of benzene rings is 2. The number of fused-ring (bicyclic) bond motifs is 1. The summed E-state index contributed by atoms with van der Waals surface area (Å²) < 4.78 is 0. The van der Waals surface area contributed by atoms with Gasteiger partial charge in [-0.1, -0.05) is 18.2 Å². The SMILES string of the molecule is C[C@H](Sc1cccc(C#N)c1)C(=O)N1CC(=O)Nc2ccccc21. The summed E-state index contributed by atoms with van der Waals surface area (Å²) in [6.07, 6.45) is 0. The fraction of sp³-hybridized carbons (Fsp3) is 0.167. The average molecular weight is 337 g/mol. The van der Waals surface area contributed by atoms with Crippen molar-refractivity contribution >= 4 is 35.0 Å². The number of nitrogens with zero attached hydrogens (tertiary/aromatic N) is 2. The van der Waals surface area contributed by atoms with Gasteiger partial charge in [-0.2, -0.15) is 5.26 Å². The van der Waals surface area contributed by atoms with E-state index in [0.29, 0.717) is 16.9 Å². The topological polar surface area (TPSA) is 73.2 Å². The first-order valence-corrected chi connectivity index (χ1v) is 8.33. The van der Waals surface area contributed by atoms with E-state index in [1.165, 1.54) is 16.7 Å². The molecule has 1 aliphatic heterocycles. The fourth-order valence-electron chi connectivity index (χ4n) is 2.54. The first-order chi connectivity index (χ1) is 11.6. The molecular formula is C18H15N3O2S. The van der Waals surface area contributed by atoms with Crippen LogP contribution in [0.15, 0.2) is 53.4 Å². The number of nitrogens with one attached hydrogen (secondary N) is 1. The quantitative estimate of drug-likeness (QED) is 0.874. The van der Waals surface area contributed by atoms with E-state index in [0.717, 1.165) is 4.90 Å². The lowest BCUT2D eigenvalue weighted by atomic mass is 10.2. The molecule has 0 unspecified atom stereocenters. The van der Waals surface area contributed by atoms with Crippen LogP contribution in [0.1, 0.15) is 12.5 Å². The van der Waals surface area contributed by atoms with E-state index in [4.69, 9.17) is 5.26 Å². The van der Waals surface area contributed by atoms with Crippen LogP contribution in [0, 0.1) is 11.3 Å². The van der Waals surface area contributed by atoms with Gasteiger partial charge in [0.1, 0.15) is 6.54 Å². The summed E-state index contributed by atoms with van der Waals surface area (Å²) in [4.78, 5) is 27.0. The molecule has 2 aromatic carbocycles. The van der Waals surface area contributed by atoms with Crippen LogP contribution in [0.25, 0.3) is 0 Å². The van der Waals surface area contributed by atoms with Crippen molar-refractivity contribution < 1.29 is 9.59 Å². The van der Waals surface area contributed by atoms with E-state index in [-0.39, 0.29) is 23.6 Å². The maximum Gasteiger partial charge on any atom is 0.244 e. The summed E-state index contributed by atoms with van der Waals surface area (Å²) in [5.74, 6) is -0.338. The van der Waals surface area contributed by atoms with Crippen molar-refractivity contribution in [2.45, 2.75) is 17.1 Å². The second kappa shape index (κ2) is 6.77. The maximum absolute atomic E-state index is 12.8. The molecule has 1 aliphatic rings. The Morgan fingerprint density at radius 3 is 2.88 bits per heavy atom. The third-order valence-electron chi connectivity index (χ3n) is 3.66. The van der Waals surface area contributed by atoms with Crippen LogP contribution >= 0.6 is 11.8 Å². The Hall–Kier alpha value is -2.78. The van der Waals surface area contributed by atoms with Crippen molar-refractivity contribution in [3.8, 4) is 6.07 Å². The smallest absolute Gasteiger partial charge is 0.244 e. The molecule has 1 atom stereocenters. The molecule has 3 rings (SSSR count). The molecule has 0 saturated heterocycles. The van der Waals surface area contributed by atoms with Crippen molar-refractivity contribution in [1.82, 2.24) is 0 Å². The average Bonchev–Trinajstić information content (AvgIpc) is 2.60. The maximum atomic E-state index is 12.8. The highest BCUT2D eigenvalue weighted by Crippen LogP contribution is 2.32. The van der Waals surface area contributed by atoms with Gasteiger partial charge in [0, 0.05) is 4.90 Å². The minimum Gasteiger partial charge on any atom is -0.323 e. The number of rotatable bonds is 3. The van der Waals surface area contributed by atoms with Crippen molar-refractivity contribution in [1.29, 1.82) is 5.26 Å². The highest BCUT2D eigenvalue weighted by molar-refractivity contribution is 8.00. The number of carbonyl (C=O) groups excluding carboxylic acids is 2. The molecule has 5 nitrogen and oxygen atoms in total. The first kappa shape index (κ1) is 16.1. The van der Waals surface area contributed by atoms with E-state index < -0.39 is 0 Å². The lowest BCUT2D eigenvalue weighted by Gasteiger charge is -2.30. The van der Waals surface area contributed by atoms with Gasteiger partial charge >= 0.3 is 0 Å². The predicted octanol–water partition coefficient (Wildman–Crippen LogP) is 3.02. The van der Waals surface area contributed by atoms with Gasteiger partial charge in [0.15, 0.2) is 0 Å². The zero-order valence-electron chi connectivity index (χ0n) is 13.0. The predicted molar refractivity (Wildman–Crippen MR) is 93.9 cm³/mol. The van der Waals surface area contributed by atoms with Crippen molar-refractivity contribution in [2.75, 3.05) is 16.8 Å². The molecule has 120 valence electrons. The minimum atomic E-state index is -0.377. The highest BCUT2D eigenvalue weighted by Gasteiger charge is 2.29. The van der Waals surface area contributed by atoms with Gasteiger partial charge in [-0.15, -0.1) is 11.8 Å². The number of carbonyl (C=O) groups is 2. The lowest BCUT2D eigenvalue weighted by molar-refractivity contribution is -0.121. The van der Waals surface area contributed by atoms with Crippen LogP contribution in [0.3, 0.4) is 0 Å². The Balaban J connectivity index is 1.81. The zero-order chi connectivity index (χ0) is 17.1. The van der Waals surface area contributed by atoms with Crippen LogP contribution in [-0.4, -0.2) is 23.6 Å². The Kier molecular flexibility index (Phi) is 4.54. The number of anilines is 2. The summed E-state index contributed by atoms with van der Waals surface area (Å²) >= 11 is 1.38. The number of amides is 2. The summed E-state index contributed by atoms with van der Waals surface area (Å²) in [7, 11) is 0. The minimum absolute atomic E-state index is 0.0129. The number of nitriles is 1. The molecule has 1 heterocycles. The highest BCUT2D eigenvalue weighted by atomic mass is 32.2. The van der Waals surface area contributed by atoms with Crippen molar-refractivity contribution in [3.63, 3.8) is 0 Å². The van der Waals surface area contributed by atoms with Gasteiger partial charge in [0.05, 0.1) is 28.3 Å². The Morgan fingerprint density at radius 2 is 2.08 bits per heavy atom. The molecular weight excluding hydrogens is 322 g/mol. The summed E-state index contributed by atoms with van der Waals surface area (Å²) in [5, 5.41) is 11.4. The van der Waals surface area contributed by atoms with E-state index in [1.54, 1.807) is 31.2 Å². The fourth-order valence-corrected chi connectivity index (χ4v) is 3.53. The molecule has 0 saturated carbocycles. The van der Waals surface area contributed by atoms with Crippen LogP contribution in [0.5, 0.6) is 0 Å². The first-order valence-electron chi connectivity index (χ1n) is 7.45. The normalized spacial score (nSPS) is 14.3. The summed E-state index contributed by atoms with van der Waals surface area (Å²) in [6, 6.07) is 16.5. The Morgan fingerprint density at radius 1 is 1.29 bits per heavy atom. The monoisotopic (exact) mass is 337 g/mol. The Labute approximate surface area is 144 Å². The van der Waals surface area contributed by atoms with E-state index in [1.807, 2.05) is 24.3 Å².